The fraction of sp³-hybridized carbons (Fsp3) is 0.600. The first-order valence-corrected chi connectivity index (χ1v) is 5.60. The zero-order chi connectivity index (χ0) is 9.68. The third kappa shape index (κ3) is 2.62. The van der Waals surface area contributed by atoms with Gasteiger partial charge in [-0.15, -0.1) is 0 Å². The van der Waals surface area contributed by atoms with Crippen LogP contribution in [0.5, 0.6) is 0 Å². The molecule has 0 aromatic carbocycles. The summed E-state index contributed by atoms with van der Waals surface area (Å²) in [6, 6.07) is 0. The predicted molar refractivity (Wildman–Crippen MR) is 59.3 cm³/mol. The quantitative estimate of drug-likeness (QED) is 0.678. The van der Waals surface area contributed by atoms with Crippen LogP contribution in [-0.2, 0) is 12.8 Å². The summed E-state index contributed by atoms with van der Waals surface area (Å²) >= 11 is 1.72. The van der Waals surface area contributed by atoms with E-state index in [1.807, 2.05) is 13.1 Å². The molecule has 0 aliphatic carbocycles. The van der Waals surface area contributed by atoms with Gasteiger partial charge in [0.25, 0.3) is 0 Å². The molecule has 0 saturated heterocycles. The fourth-order valence-corrected chi connectivity index (χ4v) is 2.31. The Morgan fingerprint density at radius 3 is 2.77 bits per heavy atom. The lowest BCUT2D eigenvalue weighted by atomic mass is 10.3. The van der Waals surface area contributed by atoms with E-state index in [4.69, 9.17) is 0 Å². The molecule has 13 heavy (non-hydrogen) atoms. The van der Waals surface area contributed by atoms with Crippen molar-refractivity contribution in [3.8, 4) is 0 Å². The maximum Gasteiger partial charge on any atom is 0.138 e. The standard InChI is InChI=1S/C10H16N2S/c1-4-7-9-12-8(5-2)10(13-9)11-6-3/h6H,4-5,7H2,1-3H3/b11-6-. The van der Waals surface area contributed by atoms with E-state index in [0.717, 1.165) is 30.0 Å². The monoisotopic (exact) mass is 196 g/mol. The van der Waals surface area contributed by atoms with E-state index >= 15 is 0 Å². The lowest BCUT2D eigenvalue weighted by molar-refractivity contribution is 0.893. The molecule has 0 bridgehead atoms. The van der Waals surface area contributed by atoms with Crippen molar-refractivity contribution < 1.29 is 0 Å². The molecule has 1 heterocycles. The van der Waals surface area contributed by atoms with Gasteiger partial charge in [0.1, 0.15) is 5.00 Å². The first kappa shape index (κ1) is 10.4. The predicted octanol–water partition coefficient (Wildman–Crippen LogP) is 3.38. The second-order valence-electron chi connectivity index (χ2n) is 2.85. The summed E-state index contributed by atoms with van der Waals surface area (Å²) in [4.78, 5) is 8.85. The average Bonchev–Trinajstić information content (AvgIpc) is 2.49. The molecule has 1 aromatic rings. The van der Waals surface area contributed by atoms with E-state index in [0.29, 0.717) is 0 Å². The average molecular weight is 196 g/mol. The van der Waals surface area contributed by atoms with Crippen molar-refractivity contribution in [3.63, 3.8) is 0 Å². The Morgan fingerprint density at radius 2 is 2.23 bits per heavy atom. The summed E-state index contributed by atoms with van der Waals surface area (Å²) in [7, 11) is 0. The minimum absolute atomic E-state index is 0.979. The summed E-state index contributed by atoms with van der Waals surface area (Å²) in [6.07, 6.45) is 5.05. The van der Waals surface area contributed by atoms with E-state index in [1.165, 1.54) is 5.01 Å². The van der Waals surface area contributed by atoms with Crippen LogP contribution >= 0.6 is 11.3 Å². The van der Waals surface area contributed by atoms with E-state index in [1.54, 1.807) is 11.3 Å². The van der Waals surface area contributed by atoms with E-state index in [9.17, 15) is 0 Å². The van der Waals surface area contributed by atoms with Crippen molar-refractivity contribution in [1.29, 1.82) is 0 Å². The molecule has 2 nitrogen and oxygen atoms in total. The van der Waals surface area contributed by atoms with Gasteiger partial charge in [0.05, 0.1) is 10.7 Å². The van der Waals surface area contributed by atoms with Crippen LogP contribution in [0.1, 0.15) is 37.9 Å². The SMILES string of the molecule is C/C=N\c1sc(CCC)nc1CC. The van der Waals surface area contributed by atoms with Gasteiger partial charge in [-0.3, -0.25) is 0 Å². The molecule has 0 radical (unpaired) electrons. The summed E-state index contributed by atoms with van der Waals surface area (Å²) in [5.41, 5.74) is 1.14. The first-order valence-electron chi connectivity index (χ1n) is 4.79. The molecule has 0 saturated carbocycles. The number of thiazole rings is 1. The van der Waals surface area contributed by atoms with Crippen LogP contribution in [-0.4, -0.2) is 11.2 Å². The zero-order valence-corrected chi connectivity index (χ0v) is 9.32. The molecular formula is C10H16N2S. The molecule has 3 heteroatoms. The van der Waals surface area contributed by atoms with Gasteiger partial charge in [-0.25, -0.2) is 9.98 Å². The highest BCUT2D eigenvalue weighted by Gasteiger charge is 2.06. The Morgan fingerprint density at radius 1 is 1.46 bits per heavy atom. The van der Waals surface area contributed by atoms with E-state index in [2.05, 4.69) is 23.8 Å². The molecule has 0 aliphatic heterocycles. The number of nitrogens with zero attached hydrogens (tertiary/aromatic N) is 2. The largest absolute Gasteiger partial charge is 0.249 e. The van der Waals surface area contributed by atoms with Gasteiger partial charge < -0.3 is 0 Å². The second kappa shape index (κ2) is 5.12. The minimum atomic E-state index is 0.979. The number of aliphatic imine (C=N–C) groups is 1. The number of rotatable bonds is 4. The van der Waals surface area contributed by atoms with Crippen molar-refractivity contribution >= 4 is 22.6 Å². The Kier molecular flexibility index (Phi) is 4.09. The topological polar surface area (TPSA) is 25.2 Å². The molecule has 0 amide bonds. The fourth-order valence-electron chi connectivity index (χ4n) is 1.16. The van der Waals surface area contributed by atoms with E-state index < -0.39 is 0 Å². The Hall–Kier alpha value is -0.700. The van der Waals surface area contributed by atoms with Crippen LogP contribution in [0, 0.1) is 0 Å². The first-order chi connectivity index (χ1) is 6.31. The van der Waals surface area contributed by atoms with Crippen LogP contribution in [0.15, 0.2) is 4.99 Å². The highest BCUT2D eigenvalue weighted by molar-refractivity contribution is 7.15. The Balaban J connectivity index is 2.90. The van der Waals surface area contributed by atoms with Crippen LogP contribution in [0.4, 0.5) is 5.00 Å². The molecule has 1 rings (SSSR count). The van der Waals surface area contributed by atoms with Gasteiger partial charge in [0.2, 0.25) is 0 Å². The van der Waals surface area contributed by atoms with Gasteiger partial charge in [-0.05, 0) is 26.2 Å². The third-order valence-corrected chi connectivity index (χ3v) is 2.83. The number of hydrogen-bond donors (Lipinski definition) is 0. The smallest absolute Gasteiger partial charge is 0.138 e. The molecule has 72 valence electrons. The van der Waals surface area contributed by atoms with Gasteiger partial charge in [0, 0.05) is 6.21 Å². The van der Waals surface area contributed by atoms with Gasteiger partial charge in [0.15, 0.2) is 0 Å². The second-order valence-corrected chi connectivity index (χ2v) is 3.91. The zero-order valence-electron chi connectivity index (χ0n) is 8.50. The summed E-state index contributed by atoms with van der Waals surface area (Å²) in [6.45, 7) is 6.24. The third-order valence-electron chi connectivity index (χ3n) is 1.77. The summed E-state index contributed by atoms with van der Waals surface area (Å²) < 4.78 is 0. The normalized spacial score (nSPS) is 11.3. The molecular weight excluding hydrogens is 180 g/mol. The molecule has 0 aliphatic rings. The molecule has 0 fully saturated rings. The molecule has 0 atom stereocenters. The van der Waals surface area contributed by atoms with Crippen LogP contribution < -0.4 is 0 Å². The summed E-state index contributed by atoms with van der Waals surface area (Å²) in [5.74, 6) is 0. The molecule has 0 unspecified atom stereocenters. The number of hydrogen-bond acceptors (Lipinski definition) is 3. The molecule has 0 spiro atoms. The summed E-state index contributed by atoms with van der Waals surface area (Å²) in [5, 5.41) is 2.31. The number of aryl methyl sites for hydroxylation is 2. The van der Waals surface area contributed by atoms with Crippen molar-refractivity contribution in [2.75, 3.05) is 0 Å². The van der Waals surface area contributed by atoms with Crippen LogP contribution in [0.25, 0.3) is 0 Å². The lowest BCUT2D eigenvalue weighted by Gasteiger charge is -1.88. The van der Waals surface area contributed by atoms with Crippen molar-refractivity contribution in [2.24, 2.45) is 4.99 Å². The van der Waals surface area contributed by atoms with Crippen molar-refractivity contribution in [2.45, 2.75) is 40.0 Å². The Labute approximate surface area is 83.7 Å². The maximum absolute atomic E-state index is 4.54. The number of aromatic nitrogens is 1. The van der Waals surface area contributed by atoms with Crippen molar-refractivity contribution in [3.05, 3.63) is 10.7 Å². The van der Waals surface area contributed by atoms with Gasteiger partial charge >= 0.3 is 0 Å². The van der Waals surface area contributed by atoms with Crippen molar-refractivity contribution in [1.82, 2.24) is 4.98 Å². The van der Waals surface area contributed by atoms with Crippen LogP contribution in [0.3, 0.4) is 0 Å². The van der Waals surface area contributed by atoms with Gasteiger partial charge in [-0.1, -0.05) is 25.2 Å². The lowest BCUT2D eigenvalue weighted by Crippen LogP contribution is -1.83. The highest BCUT2D eigenvalue weighted by Crippen LogP contribution is 2.28. The maximum atomic E-state index is 4.54. The van der Waals surface area contributed by atoms with E-state index in [-0.39, 0.29) is 0 Å². The van der Waals surface area contributed by atoms with Gasteiger partial charge in [-0.2, -0.15) is 0 Å². The van der Waals surface area contributed by atoms with Crippen LogP contribution in [0.2, 0.25) is 0 Å². The minimum Gasteiger partial charge on any atom is -0.249 e. The molecule has 0 N–H and O–H groups in total. The highest BCUT2D eigenvalue weighted by atomic mass is 32.1. The Bertz CT molecular complexity index is 289. The molecule has 1 aromatic heterocycles.